The summed E-state index contributed by atoms with van der Waals surface area (Å²) in [4.78, 5) is 0. The van der Waals surface area contributed by atoms with Gasteiger partial charge >= 0.3 is 0 Å². The summed E-state index contributed by atoms with van der Waals surface area (Å²) in [7, 11) is -0.110. The quantitative estimate of drug-likeness (QED) is 0.590. The molecule has 0 aromatic carbocycles. The van der Waals surface area contributed by atoms with Gasteiger partial charge in [-0.25, -0.2) is 0 Å². The van der Waals surface area contributed by atoms with Gasteiger partial charge in [-0.3, -0.25) is 0 Å². The van der Waals surface area contributed by atoms with E-state index < -0.39 is 0 Å². The summed E-state index contributed by atoms with van der Waals surface area (Å²) >= 11 is 0. The molecular weight excluding hydrogens is 216 g/mol. The maximum atomic E-state index is 2.69. The predicted molar refractivity (Wildman–Crippen MR) is 77.0 cm³/mol. The first-order valence-electron chi connectivity index (χ1n) is 6.43. The number of hydrogen-bond donors (Lipinski definition) is 0. The summed E-state index contributed by atoms with van der Waals surface area (Å²) < 4.78 is 6.06. The Morgan fingerprint density at radius 3 is 1.20 bits per heavy atom. The SMILES string of the molecule is CCN(CC)[SiH2]C(C)(C)[SiH2]N(CC)CC. The van der Waals surface area contributed by atoms with E-state index in [1.54, 1.807) is 0 Å². The fourth-order valence-electron chi connectivity index (χ4n) is 2.16. The van der Waals surface area contributed by atoms with Crippen molar-refractivity contribution in [3.63, 3.8) is 0 Å². The van der Waals surface area contributed by atoms with Crippen LogP contribution >= 0.6 is 0 Å². The third kappa shape index (κ3) is 6.50. The lowest BCUT2D eigenvalue weighted by Gasteiger charge is -2.34. The van der Waals surface area contributed by atoms with E-state index in [0.29, 0.717) is 4.66 Å². The highest BCUT2D eigenvalue weighted by Gasteiger charge is 2.24. The van der Waals surface area contributed by atoms with Gasteiger partial charge in [0.15, 0.2) is 0 Å². The molecule has 0 radical (unpaired) electrons. The molecule has 0 heterocycles. The Hall–Kier alpha value is 0.354. The van der Waals surface area contributed by atoms with E-state index in [1.165, 1.54) is 26.2 Å². The van der Waals surface area contributed by atoms with E-state index >= 15 is 0 Å². The van der Waals surface area contributed by atoms with Gasteiger partial charge in [0.1, 0.15) is 0 Å². The zero-order valence-electron chi connectivity index (χ0n) is 11.6. The summed E-state index contributed by atoms with van der Waals surface area (Å²) in [5.74, 6) is 0. The van der Waals surface area contributed by atoms with E-state index in [9.17, 15) is 0 Å². The molecule has 0 aliphatic rings. The molecule has 0 aromatic heterocycles. The van der Waals surface area contributed by atoms with Gasteiger partial charge in [-0.15, -0.1) is 0 Å². The molecule has 4 heteroatoms. The maximum absolute atomic E-state index is 2.69. The van der Waals surface area contributed by atoms with Crippen LogP contribution in [0.25, 0.3) is 0 Å². The third-order valence-electron chi connectivity index (χ3n) is 3.09. The fraction of sp³-hybridized carbons (Fsp3) is 1.00. The summed E-state index contributed by atoms with van der Waals surface area (Å²) in [6, 6.07) is 0. The Labute approximate surface area is 101 Å². The van der Waals surface area contributed by atoms with Crippen molar-refractivity contribution in [2.75, 3.05) is 26.2 Å². The van der Waals surface area contributed by atoms with Crippen LogP contribution in [0, 0.1) is 0 Å². The van der Waals surface area contributed by atoms with E-state index in [0.717, 1.165) is 0 Å². The second-order valence-electron chi connectivity index (χ2n) is 5.09. The molecule has 0 fully saturated rings. The molecule has 0 unspecified atom stereocenters. The van der Waals surface area contributed by atoms with Crippen LogP contribution in [0.2, 0.25) is 4.66 Å². The Balaban J connectivity index is 4.14. The highest BCUT2D eigenvalue weighted by atomic mass is 28.3. The van der Waals surface area contributed by atoms with Gasteiger partial charge in [-0.05, 0) is 30.8 Å². The van der Waals surface area contributed by atoms with E-state index in [4.69, 9.17) is 0 Å². The van der Waals surface area contributed by atoms with E-state index in [1.807, 2.05) is 0 Å². The first-order valence-corrected chi connectivity index (χ1v) is 9.11. The van der Waals surface area contributed by atoms with Gasteiger partial charge < -0.3 is 9.13 Å². The zero-order chi connectivity index (χ0) is 11.9. The average molecular weight is 247 g/mol. The molecule has 0 rings (SSSR count). The van der Waals surface area contributed by atoms with Gasteiger partial charge in [0.05, 0.1) is 19.4 Å². The molecule has 0 aromatic rings. The van der Waals surface area contributed by atoms with Crippen LogP contribution in [-0.4, -0.2) is 54.7 Å². The standard InChI is InChI=1S/C11H30N2Si2/c1-7-12(8-2)14-11(5,6)15-13(9-3)10-4/h7-10,14-15H2,1-6H3. The lowest BCUT2D eigenvalue weighted by molar-refractivity contribution is 0.461. The van der Waals surface area contributed by atoms with Crippen molar-refractivity contribution >= 4 is 19.4 Å². The highest BCUT2D eigenvalue weighted by molar-refractivity contribution is 6.58. The monoisotopic (exact) mass is 246 g/mol. The number of nitrogens with zero attached hydrogens (tertiary/aromatic N) is 2. The largest absolute Gasteiger partial charge is 0.329 e. The Bertz CT molecular complexity index is 139. The summed E-state index contributed by atoms with van der Waals surface area (Å²) in [5, 5.41) is 0. The summed E-state index contributed by atoms with van der Waals surface area (Å²) in [6.45, 7) is 19.2. The topological polar surface area (TPSA) is 6.48 Å². The van der Waals surface area contributed by atoms with Gasteiger partial charge in [0, 0.05) is 0 Å². The minimum Gasteiger partial charge on any atom is -0.329 e. The van der Waals surface area contributed by atoms with Crippen LogP contribution in [0.5, 0.6) is 0 Å². The molecule has 15 heavy (non-hydrogen) atoms. The smallest absolute Gasteiger partial charge is 0.0987 e. The molecule has 2 nitrogen and oxygen atoms in total. The molecule has 0 saturated carbocycles. The average Bonchev–Trinajstić information content (AvgIpc) is 2.22. The van der Waals surface area contributed by atoms with Crippen molar-refractivity contribution in [2.24, 2.45) is 0 Å². The second-order valence-corrected chi connectivity index (χ2v) is 12.3. The molecular formula is C11H30N2Si2. The minimum absolute atomic E-state index is 0.0549. The predicted octanol–water partition coefficient (Wildman–Crippen LogP) is 0.994. The lowest BCUT2D eigenvalue weighted by atomic mass is 10.5. The summed E-state index contributed by atoms with van der Waals surface area (Å²) in [5.41, 5.74) is 0. The molecule has 0 saturated heterocycles. The van der Waals surface area contributed by atoms with Gasteiger partial charge in [-0.1, -0.05) is 41.5 Å². The van der Waals surface area contributed by atoms with Gasteiger partial charge in [-0.2, -0.15) is 0 Å². The molecule has 0 N–H and O–H groups in total. The van der Waals surface area contributed by atoms with Crippen molar-refractivity contribution in [3.05, 3.63) is 0 Å². The molecule has 0 aliphatic carbocycles. The molecule has 0 spiro atoms. The maximum Gasteiger partial charge on any atom is 0.0987 e. The Morgan fingerprint density at radius 1 is 0.733 bits per heavy atom. The third-order valence-corrected chi connectivity index (χ3v) is 8.83. The van der Waals surface area contributed by atoms with Crippen LogP contribution in [0.15, 0.2) is 0 Å². The van der Waals surface area contributed by atoms with Crippen molar-refractivity contribution in [1.82, 2.24) is 9.13 Å². The summed E-state index contributed by atoms with van der Waals surface area (Å²) in [6.07, 6.45) is 0. The van der Waals surface area contributed by atoms with Gasteiger partial charge in [0.2, 0.25) is 0 Å². The second kappa shape index (κ2) is 7.60. The van der Waals surface area contributed by atoms with Crippen molar-refractivity contribution in [3.8, 4) is 0 Å². The number of hydrogen-bond acceptors (Lipinski definition) is 2. The van der Waals surface area contributed by atoms with Crippen molar-refractivity contribution < 1.29 is 0 Å². The van der Waals surface area contributed by atoms with Crippen LogP contribution in [0.1, 0.15) is 41.5 Å². The van der Waals surface area contributed by atoms with Crippen LogP contribution < -0.4 is 0 Å². The molecule has 0 atom stereocenters. The van der Waals surface area contributed by atoms with Crippen LogP contribution in [0.4, 0.5) is 0 Å². The normalized spacial score (nSPS) is 14.4. The molecule has 0 aliphatic heterocycles. The Morgan fingerprint density at radius 2 is 1.00 bits per heavy atom. The molecule has 0 amide bonds. The Kier molecular flexibility index (Phi) is 7.78. The lowest BCUT2D eigenvalue weighted by Crippen LogP contribution is -2.43. The first kappa shape index (κ1) is 15.4. The van der Waals surface area contributed by atoms with E-state index in [2.05, 4.69) is 50.7 Å². The van der Waals surface area contributed by atoms with Gasteiger partial charge in [0.25, 0.3) is 0 Å². The van der Waals surface area contributed by atoms with Crippen molar-refractivity contribution in [1.29, 1.82) is 0 Å². The first-order chi connectivity index (χ1) is 6.99. The van der Waals surface area contributed by atoms with Crippen LogP contribution in [0.3, 0.4) is 0 Å². The highest BCUT2D eigenvalue weighted by Crippen LogP contribution is 2.22. The number of rotatable bonds is 8. The minimum atomic E-state index is -0.0549. The fourth-order valence-corrected chi connectivity index (χ4v) is 7.77. The van der Waals surface area contributed by atoms with Crippen molar-refractivity contribution in [2.45, 2.75) is 46.2 Å². The van der Waals surface area contributed by atoms with Crippen LogP contribution in [-0.2, 0) is 0 Å². The molecule has 92 valence electrons. The zero-order valence-corrected chi connectivity index (χ0v) is 14.5. The van der Waals surface area contributed by atoms with E-state index in [-0.39, 0.29) is 19.4 Å². The molecule has 0 bridgehead atoms.